The van der Waals surface area contributed by atoms with Gasteiger partial charge in [-0.3, -0.25) is 0 Å². The maximum absolute atomic E-state index is 12.7. The Bertz CT molecular complexity index is 665. The van der Waals surface area contributed by atoms with E-state index in [-0.39, 0.29) is 6.04 Å². The molecule has 116 valence electrons. The number of hydrogen-bond acceptors (Lipinski definition) is 2. The molecular weight excluding hydrogens is 291 g/mol. The summed E-state index contributed by atoms with van der Waals surface area (Å²) in [5, 5.41) is 3.37. The van der Waals surface area contributed by atoms with Gasteiger partial charge in [-0.25, -0.2) is 0 Å². The van der Waals surface area contributed by atoms with Crippen molar-refractivity contribution in [3.05, 3.63) is 64.7 Å². The Labute approximate surface area is 126 Å². The van der Waals surface area contributed by atoms with E-state index in [1.165, 1.54) is 5.56 Å². The number of alkyl halides is 3. The monoisotopic (exact) mass is 307 g/mol. The molecule has 0 amide bonds. The van der Waals surface area contributed by atoms with Gasteiger partial charge in [0.15, 0.2) is 0 Å². The van der Waals surface area contributed by atoms with Gasteiger partial charge in [-0.1, -0.05) is 18.2 Å². The van der Waals surface area contributed by atoms with Crippen molar-refractivity contribution >= 4 is 0 Å². The standard InChI is InChI=1S/C17H16F3NO/c1-22-14-6-7-15-12(10-14)8-9-21-16(15)11-2-4-13(5-3-11)17(18,19)20/h2-7,10,16,21H,8-9H2,1H3. The van der Waals surface area contributed by atoms with Crippen molar-refractivity contribution < 1.29 is 17.9 Å². The smallest absolute Gasteiger partial charge is 0.416 e. The maximum atomic E-state index is 12.7. The Morgan fingerprint density at radius 2 is 1.82 bits per heavy atom. The van der Waals surface area contributed by atoms with Crippen LogP contribution < -0.4 is 10.1 Å². The van der Waals surface area contributed by atoms with E-state index in [1.807, 2.05) is 18.2 Å². The Morgan fingerprint density at radius 1 is 1.09 bits per heavy atom. The summed E-state index contributed by atoms with van der Waals surface area (Å²) in [4.78, 5) is 0. The molecule has 22 heavy (non-hydrogen) atoms. The van der Waals surface area contributed by atoms with Gasteiger partial charge in [-0.15, -0.1) is 0 Å². The fourth-order valence-corrected chi connectivity index (χ4v) is 2.83. The number of methoxy groups -OCH3 is 1. The second-order valence-electron chi connectivity index (χ2n) is 5.32. The molecule has 1 heterocycles. The Hall–Kier alpha value is -2.01. The molecule has 0 aromatic heterocycles. The summed E-state index contributed by atoms with van der Waals surface area (Å²) in [5.41, 5.74) is 2.47. The van der Waals surface area contributed by atoms with Gasteiger partial charge in [0.1, 0.15) is 5.75 Å². The number of fused-ring (bicyclic) bond motifs is 1. The highest BCUT2D eigenvalue weighted by Crippen LogP contribution is 2.33. The predicted octanol–water partition coefficient (Wildman–Crippen LogP) is 3.95. The van der Waals surface area contributed by atoms with E-state index in [2.05, 4.69) is 5.32 Å². The van der Waals surface area contributed by atoms with Crippen molar-refractivity contribution in [2.24, 2.45) is 0 Å². The number of rotatable bonds is 2. The van der Waals surface area contributed by atoms with Crippen molar-refractivity contribution in [1.29, 1.82) is 0 Å². The van der Waals surface area contributed by atoms with Crippen molar-refractivity contribution in [1.82, 2.24) is 5.32 Å². The molecule has 2 nitrogen and oxygen atoms in total. The summed E-state index contributed by atoms with van der Waals surface area (Å²) in [6, 6.07) is 11.1. The molecule has 0 saturated heterocycles. The van der Waals surface area contributed by atoms with Crippen LogP contribution in [0.5, 0.6) is 5.75 Å². The minimum absolute atomic E-state index is 0.0862. The lowest BCUT2D eigenvalue weighted by Gasteiger charge is -2.28. The summed E-state index contributed by atoms with van der Waals surface area (Å²) in [7, 11) is 1.62. The number of ether oxygens (including phenoxy) is 1. The normalized spacial score (nSPS) is 17.9. The zero-order chi connectivity index (χ0) is 15.7. The predicted molar refractivity (Wildman–Crippen MR) is 78.0 cm³/mol. The largest absolute Gasteiger partial charge is 0.497 e. The summed E-state index contributed by atoms with van der Waals surface area (Å²) >= 11 is 0. The summed E-state index contributed by atoms with van der Waals surface area (Å²) in [6.07, 6.45) is -3.42. The molecule has 1 unspecified atom stereocenters. The minimum Gasteiger partial charge on any atom is -0.497 e. The number of hydrogen-bond donors (Lipinski definition) is 1. The van der Waals surface area contributed by atoms with Crippen LogP contribution in [0.4, 0.5) is 13.2 Å². The minimum atomic E-state index is -4.30. The van der Waals surface area contributed by atoms with Crippen molar-refractivity contribution in [3.63, 3.8) is 0 Å². The van der Waals surface area contributed by atoms with Crippen LogP contribution in [-0.4, -0.2) is 13.7 Å². The topological polar surface area (TPSA) is 21.3 Å². The lowest BCUT2D eigenvalue weighted by molar-refractivity contribution is -0.137. The first-order valence-corrected chi connectivity index (χ1v) is 7.06. The molecule has 3 rings (SSSR count). The third-order valence-corrected chi connectivity index (χ3v) is 3.98. The van der Waals surface area contributed by atoms with E-state index in [0.29, 0.717) is 0 Å². The quantitative estimate of drug-likeness (QED) is 0.907. The first kappa shape index (κ1) is 14.9. The van der Waals surface area contributed by atoms with Gasteiger partial charge < -0.3 is 10.1 Å². The number of halogens is 3. The van der Waals surface area contributed by atoms with Crippen LogP contribution in [0.25, 0.3) is 0 Å². The van der Waals surface area contributed by atoms with E-state index in [9.17, 15) is 13.2 Å². The van der Waals surface area contributed by atoms with E-state index >= 15 is 0 Å². The molecule has 5 heteroatoms. The lowest BCUT2D eigenvalue weighted by atomic mass is 9.89. The van der Waals surface area contributed by atoms with Gasteiger partial charge >= 0.3 is 6.18 Å². The fourth-order valence-electron chi connectivity index (χ4n) is 2.83. The van der Waals surface area contributed by atoms with Crippen LogP contribution >= 0.6 is 0 Å². The van der Waals surface area contributed by atoms with E-state index < -0.39 is 11.7 Å². The Morgan fingerprint density at radius 3 is 2.45 bits per heavy atom. The van der Waals surface area contributed by atoms with Crippen LogP contribution in [0.2, 0.25) is 0 Å². The van der Waals surface area contributed by atoms with Gasteiger partial charge in [0.25, 0.3) is 0 Å². The lowest BCUT2D eigenvalue weighted by Crippen LogP contribution is -2.30. The molecular formula is C17H16F3NO. The summed E-state index contributed by atoms with van der Waals surface area (Å²) in [5.74, 6) is 0.798. The number of benzene rings is 2. The van der Waals surface area contributed by atoms with Gasteiger partial charge in [0, 0.05) is 6.54 Å². The molecule has 2 aromatic rings. The van der Waals surface area contributed by atoms with E-state index in [4.69, 9.17) is 4.74 Å². The average molecular weight is 307 g/mol. The van der Waals surface area contributed by atoms with Crippen LogP contribution in [0.15, 0.2) is 42.5 Å². The fraction of sp³-hybridized carbons (Fsp3) is 0.294. The first-order valence-electron chi connectivity index (χ1n) is 7.06. The molecule has 0 radical (unpaired) electrons. The van der Waals surface area contributed by atoms with Crippen molar-refractivity contribution in [3.8, 4) is 5.75 Å². The third kappa shape index (κ3) is 2.81. The molecule has 2 aromatic carbocycles. The summed E-state index contributed by atoms with van der Waals surface area (Å²) in [6.45, 7) is 0.784. The first-order chi connectivity index (χ1) is 10.5. The highest BCUT2D eigenvalue weighted by Gasteiger charge is 2.30. The van der Waals surface area contributed by atoms with Crippen LogP contribution in [0.3, 0.4) is 0 Å². The van der Waals surface area contributed by atoms with Gasteiger partial charge in [-0.05, 0) is 47.4 Å². The molecule has 1 aliphatic heterocycles. The Balaban J connectivity index is 1.94. The molecule has 1 atom stereocenters. The highest BCUT2D eigenvalue weighted by atomic mass is 19.4. The molecule has 1 aliphatic rings. The molecule has 0 saturated carbocycles. The molecule has 0 fully saturated rings. The second-order valence-corrected chi connectivity index (χ2v) is 5.32. The SMILES string of the molecule is COc1ccc2c(c1)CCNC2c1ccc(C(F)(F)F)cc1. The maximum Gasteiger partial charge on any atom is 0.416 e. The van der Waals surface area contributed by atoms with Crippen LogP contribution in [-0.2, 0) is 12.6 Å². The molecule has 1 N–H and O–H groups in total. The third-order valence-electron chi connectivity index (χ3n) is 3.98. The van der Waals surface area contributed by atoms with E-state index in [1.54, 1.807) is 19.2 Å². The van der Waals surface area contributed by atoms with Crippen LogP contribution in [0.1, 0.15) is 28.3 Å². The highest BCUT2D eigenvalue weighted by molar-refractivity contribution is 5.44. The summed E-state index contributed by atoms with van der Waals surface area (Å²) < 4.78 is 43.2. The van der Waals surface area contributed by atoms with Crippen LogP contribution in [0, 0.1) is 0 Å². The zero-order valence-electron chi connectivity index (χ0n) is 12.1. The molecule has 0 spiro atoms. The van der Waals surface area contributed by atoms with E-state index in [0.717, 1.165) is 42.0 Å². The zero-order valence-corrected chi connectivity index (χ0v) is 12.1. The molecule has 0 bridgehead atoms. The Kier molecular flexibility index (Phi) is 3.83. The average Bonchev–Trinajstić information content (AvgIpc) is 2.53. The molecule has 0 aliphatic carbocycles. The van der Waals surface area contributed by atoms with Gasteiger partial charge in [-0.2, -0.15) is 13.2 Å². The second kappa shape index (κ2) is 5.65. The van der Waals surface area contributed by atoms with Gasteiger partial charge in [0.2, 0.25) is 0 Å². The van der Waals surface area contributed by atoms with Crippen molar-refractivity contribution in [2.75, 3.05) is 13.7 Å². The van der Waals surface area contributed by atoms with Crippen molar-refractivity contribution in [2.45, 2.75) is 18.6 Å². The van der Waals surface area contributed by atoms with Gasteiger partial charge in [0.05, 0.1) is 18.7 Å². The number of nitrogens with one attached hydrogen (secondary N) is 1.